The largest absolute Gasteiger partial charge is 0.336 e. The van der Waals surface area contributed by atoms with Gasteiger partial charge in [-0.3, -0.25) is 0 Å². The molecule has 0 aliphatic heterocycles. The minimum Gasteiger partial charge on any atom is -0.247 e. The predicted molar refractivity (Wildman–Crippen MR) is 97.5 cm³/mol. The molecule has 0 amide bonds. The molecule has 0 atom stereocenters. The Morgan fingerprint density at radius 2 is 0.792 bits per heavy atom. The summed E-state index contributed by atoms with van der Waals surface area (Å²) in [4.78, 5) is 37.7. The summed E-state index contributed by atoms with van der Waals surface area (Å²) < 4.78 is 3.31. The molecule has 132 valence electrons. The van der Waals surface area contributed by atoms with Crippen LogP contribution in [0.4, 0.5) is 0 Å². The lowest BCUT2D eigenvalue weighted by Gasteiger charge is -2.11. The molecule has 0 aromatic carbocycles. The van der Waals surface area contributed by atoms with Crippen molar-refractivity contribution in [3.05, 3.63) is 66.4 Å². The van der Waals surface area contributed by atoms with E-state index in [0.29, 0.717) is 0 Å². The SMILES string of the molecule is CC(C)=CCn1c(=O)n(CC=C(C)C)c(=O)n(CC=C(C)C)c1=O. The maximum Gasteiger partial charge on any atom is 0.336 e. The van der Waals surface area contributed by atoms with E-state index in [1.165, 1.54) is 0 Å². The van der Waals surface area contributed by atoms with E-state index >= 15 is 0 Å². The fourth-order valence-electron chi connectivity index (χ4n) is 1.97. The molecule has 0 saturated carbocycles. The fraction of sp³-hybridized carbons (Fsp3) is 0.500. The van der Waals surface area contributed by atoms with Crippen LogP contribution in [0.5, 0.6) is 0 Å². The Bertz CT molecular complexity index is 704. The van der Waals surface area contributed by atoms with Gasteiger partial charge in [-0.2, -0.15) is 0 Å². The summed E-state index contributed by atoms with van der Waals surface area (Å²) in [5.74, 6) is 0. The van der Waals surface area contributed by atoms with Crippen LogP contribution in [0.1, 0.15) is 41.5 Å². The van der Waals surface area contributed by atoms with E-state index in [9.17, 15) is 14.4 Å². The van der Waals surface area contributed by atoms with Crippen molar-refractivity contribution < 1.29 is 0 Å². The van der Waals surface area contributed by atoms with Gasteiger partial charge in [0.05, 0.1) is 19.6 Å². The van der Waals surface area contributed by atoms with Crippen molar-refractivity contribution in [1.29, 1.82) is 0 Å². The molecule has 24 heavy (non-hydrogen) atoms. The van der Waals surface area contributed by atoms with Gasteiger partial charge in [-0.05, 0) is 41.5 Å². The van der Waals surface area contributed by atoms with Crippen molar-refractivity contribution in [1.82, 2.24) is 13.7 Å². The van der Waals surface area contributed by atoms with Gasteiger partial charge in [0.15, 0.2) is 0 Å². The van der Waals surface area contributed by atoms with E-state index in [-0.39, 0.29) is 19.6 Å². The molecule has 0 aliphatic carbocycles. The minimum absolute atomic E-state index is 0.157. The first kappa shape index (κ1) is 19.7. The average Bonchev–Trinajstić information content (AvgIpc) is 2.45. The van der Waals surface area contributed by atoms with Gasteiger partial charge < -0.3 is 0 Å². The zero-order valence-electron chi connectivity index (χ0n) is 15.4. The molecule has 0 saturated heterocycles. The molecule has 0 fully saturated rings. The predicted octanol–water partition coefficient (Wildman–Crippen LogP) is 2.07. The monoisotopic (exact) mass is 333 g/mol. The molecule has 0 N–H and O–H groups in total. The zero-order chi connectivity index (χ0) is 18.4. The summed E-state index contributed by atoms with van der Waals surface area (Å²) in [6, 6.07) is 0. The summed E-state index contributed by atoms with van der Waals surface area (Å²) in [6.45, 7) is 11.8. The van der Waals surface area contributed by atoms with Crippen molar-refractivity contribution in [2.45, 2.75) is 61.2 Å². The van der Waals surface area contributed by atoms with Crippen LogP contribution in [-0.4, -0.2) is 13.7 Å². The molecule has 0 spiro atoms. The second kappa shape index (κ2) is 8.47. The maximum atomic E-state index is 12.6. The highest BCUT2D eigenvalue weighted by Crippen LogP contribution is 1.92. The zero-order valence-corrected chi connectivity index (χ0v) is 15.4. The number of aromatic nitrogens is 3. The number of hydrogen-bond acceptors (Lipinski definition) is 3. The average molecular weight is 333 g/mol. The first-order valence-corrected chi connectivity index (χ1v) is 7.99. The summed E-state index contributed by atoms with van der Waals surface area (Å²) >= 11 is 0. The number of hydrogen-bond donors (Lipinski definition) is 0. The van der Waals surface area contributed by atoms with Gasteiger partial charge in [0, 0.05) is 0 Å². The van der Waals surface area contributed by atoms with Crippen LogP contribution in [0.2, 0.25) is 0 Å². The summed E-state index contributed by atoms with van der Waals surface area (Å²) in [5.41, 5.74) is 1.27. The molecule has 0 aliphatic rings. The standard InChI is InChI=1S/C18H27N3O3/c1-13(2)7-10-19-16(22)20(11-8-14(3)4)18(24)21(17(19)23)12-9-15(5)6/h7-9H,10-12H2,1-6H3. The van der Waals surface area contributed by atoms with E-state index in [2.05, 4.69) is 0 Å². The van der Waals surface area contributed by atoms with Crippen LogP contribution in [0.15, 0.2) is 49.3 Å². The number of nitrogens with zero attached hydrogens (tertiary/aromatic N) is 3. The van der Waals surface area contributed by atoms with Crippen LogP contribution in [0.3, 0.4) is 0 Å². The Morgan fingerprint density at radius 1 is 0.583 bits per heavy atom. The Balaban J connectivity index is 3.64. The van der Waals surface area contributed by atoms with Gasteiger partial charge in [-0.15, -0.1) is 0 Å². The van der Waals surface area contributed by atoms with Crippen molar-refractivity contribution in [3.8, 4) is 0 Å². The lowest BCUT2D eigenvalue weighted by Crippen LogP contribution is -2.54. The minimum atomic E-state index is -0.576. The Hall–Kier alpha value is -2.37. The second-order valence-electron chi connectivity index (χ2n) is 6.52. The molecule has 1 aromatic rings. The molecule has 6 heteroatoms. The van der Waals surface area contributed by atoms with Gasteiger partial charge in [-0.1, -0.05) is 34.9 Å². The van der Waals surface area contributed by atoms with Crippen molar-refractivity contribution in [3.63, 3.8) is 0 Å². The van der Waals surface area contributed by atoms with Crippen molar-refractivity contribution in [2.75, 3.05) is 0 Å². The molecular weight excluding hydrogens is 306 g/mol. The van der Waals surface area contributed by atoms with E-state index in [0.717, 1.165) is 30.4 Å². The first-order chi connectivity index (χ1) is 11.1. The van der Waals surface area contributed by atoms with Crippen LogP contribution in [0.25, 0.3) is 0 Å². The van der Waals surface area contributed by atoms with Gasteiger partial charge in [-0.25, -0.2) is 28.1 Å². The van der Waals surface area contributed by atoms with Crippen LogP contribution in [-0.2, 0) is 19.6 Å². The van der Waals surface area contributed by atoms with E-state index < -0.39 is 17.1 Å². The Morgan fingerprint density at radius 3 is 0.958 bits per heavy atom. The highest BCUT2D eigenvalue weighted by Gasteiger charge is 2.13. The Labute approximate surface area is 142 Å². The van der Waals surface area contributed by atoms with Crippen molar-refractivity contribution >= 4 is 0 Å². The Kier molecular flexibility index (Phi) is 6.95. The third-order valence-electron chi connectivity index (χ3n) is 3.43. The third-order valence-corrected chi connectivity index (χ3v) is 3.43. The molecule has 0 bridgehead atoms. The van der Waals surface area contributed by atoms with E-state index in [4.69, 9.17) is 0 Å². The first-order valence-electron chi connectivity index (χ1n) is 7.99. The quantitative estimate of drug-likeness (QED) is 0.749. The number of allylic oxidation sites excluding steroid dienone is 6. The van der Waals surface area contributed by atoms with E-state index in [1.807, 2.05) is 41.5 Å². The van der Waals surface area contributed by atoms with Gasteiger partial charge in [0.25, 0.3) is 0 Å². The maximum absolute atomic E-state index is 12.6. The van der Waals surface area contributed by atoms with E-state index in [1.54, 1.807) is 18.2 Å². The lowest BCUT2D eigenvalue weighted by molar-refractivity contribution is 0.500. The van der Waals surface area contributed by atoms with Gasteiger partial charge >= 0.3 is 17.1 Å². The molecule has 0 unspecified atom stereocenters. The highest BCUT2D eigenvalue weighted by atomic mass is 16.2. The summed E-state index contributed by atoms with van der Waals surface area (Å²) in [5, 5.41) is 0. The second-order valence-corrected chi connectivity index (χ2v) is 6.52. The van der Waals surface area contributed by atoms with Gasteiger partial charge in [0.1, 0.15) is 0 Å². The summed E-state index contributed by atoms with van der Waals surface area (Å²) in [7, 11) is 0. The van der Waals surface area contributed by atoms with Crippen LogP contribution < -0.4 is 17.1 Å². The smallest absolute Gasteiger partial charge is 0.247 e. The normalized spacial score (nSPS) is 10.2. The number of rotatable bonds is 6. The fourth-order valence-corrected chi connectivity index (χ4v) is 1.97. The lowest BCUT2D eigenvalue weighted by atomic mass is 10.3. The molecule has 1 heterocycles. The topological polar surface area (TPSA) is 66.0 Å². The molecule has 6 nitrogen and oxygen atoms in total. The van der Waals surface area contributed by atoms with Crippen LogP contribution in [0, 0.1) is 0 Å². The van der Waals surface area contributed by atoms with Gasteiger partial charge in [0.2, 0.25) is 0 Å². The van der Waals surface area contributed by atoms with Crippen LogP contribution >= 0.6 is 0 Å². The third kappa shape index (κ3) is 5.08. The molecular formula is C18H27N3O3. The molecule has 1 aromatic heterocycles. The molecule has 0 radical (unpaired) electrons. The van der Waals surface area contributed by atoms with Crippen molar-refractivity contribution in [2.24, 2.45) is 0 Å². The highest BCUT2D eigenvalue weighted by molar-refractivity contribution is 4.98. The molecule has 1 rings (SSSR count). The summed E-state index contributed by atoms with van der Waals surface area (Å²) in [6.07, 6.45) is 5.39.